The van der Waals surface area contributed by atoms with Gasteiger partial charge >= 0.3 is 0 Å². The zero-order chi connectivity index (χ0) is 11.2. The maximum Gasteiger partial charge on any atom is 0.0987 e. The molecule has 1 aromatic rings. The molecule has 0 unspecified atom stereocenters. The molecule has 1 heterocycles. The second kappa shape index (κ2) is 5.99. The monoisotopic (exact) mass is 220 g/mol. The van der Waals surface area contributed by atoms with Gasteiger partial charge in [0.2, 0.25) is 0 Å². The molecule has 3 nitrogen and oxygen atoms in total. The van der Waals surface area contributed by atoms with Crippen LogP contribution in [0.3, 0.4) is 0 Å². The van der Waals surface area contributed by atoms with E-state index in [0.717, 1.165) is 39.5 Å². The number of hydrogen-bond donors (Lipinski definition) is 0. The van der Waals surface area contributed by atoms with Crippen molar-refractivity contribution in [2.75, 3.05) is 40.0 Å². The number of ether oxygens (including phenoxy) is 1. The predicted octanol–water partition coefficient (Wildman–Crippen LogP) is 1.41. The molecular formula is C13H20N2O. The molecule has 0 N–H and O–H groups in total. The van der Waals surface area contributed by atoms with Gasteiger partial charge in [0.1, 0.15) is 0 Å². The smallest absolute Gasteiger partial charge is 0.0987 e. The third-order valence-electron chi connectivity index (χ3n) is 3.03. The van der Waals surface area contributed by atoms with Crippen LogP contribution in [0.15, 0.2) is 30.3 Å². The van der Waals surface area contributed by atoms with Gasteiger partial charge in [0, 0.05) is 39.8 Å². The van der Waals surface area contributed by atoms with Crippen LogP contribution < -0.4 is 0 Å². The van der Waals surface area contributed by atoms with Crippen LogP contribution >= 0.6 is 0 Å². The molecule has 0 radical (unpaired) electrons. The molecule has 0 atom stereocenters. The minimum atomic E-state index is 0.763. The van der Waals surface area contributed by atoms with Gasteiger partial charge < -0.3 is 4.74 Å². The van der Waals surface area contributed by atoms with Crippen molar-refractivity contribution in [3.8, 4) is 0 Å². The first-order valence-electron chi connectivity index (χ1n) is 5.86. The molecule has 2 rings (SSSR count). The second-order valence-electron chi connectivity index (χ2n) is 4.30. The van der Waals surface area contributed by atoms with E-state index in [0.29, 0.717) is 0 Å². The van der Waals surface area contributed by atoms with Gasteiger partial charge in [-0.15, -0.1) is 0 Å². The fourth-order valence-corrected chi connectivity index (χ4v) is 2.10. The Morgan fingerprint density at radius 2 is 1.62 bits per heavy atom. The van der Waals surface area contributed by atoms with Crippen LogP contribution in [-0.4, -0.2) is 49.8 Å². The van der Waals surface area contributed by atoms with Crippen LogP contribution in [0.25, 0.3) is 0 Å². The molecule has 0 aromatic heterocycles. The summed E-state index contributed by atoms with van der Waals surface area (Å²) in [7, 11) is 1.76. The lowest BCUT2D eigenvalue weighted by molar-refractivity contribution is 0.0251. The number of nitrogens with zero attached hydrogens (tertiary/aromatic N) is 2. The van der Waals surface area contributed by atoms with Crippen molar-refractivity contribution in [1.29, 1.82) is 0 Å². The van der Waals surface area contributed by atoms with Crippen LogP contribution in [-0.2, 0) is 11.3 Å². The van der Waals surface area contributed by atoms with Gasteiger partial charge in [-0.3, -0.25) is 9.80 Å². The summed E-state index contributed by atoms with van der Waals surface area (Å²) >= 11 is 0. The Bertz CT molecular complexity index is 294. The van der Waals surface area contributed by atoms with Crippen LogP contribution in [0, 0.1) is 0 Å². The average Bonchev–Trinajstić information content (AvgIpc) is 2.33. The number of hydrogen-bond acceptors (Lipinski definition) is 3. The van der Waals surface area contributed by atoms with Crippen molar-refractivity contribution in [3.05, 3.63) is 35.9 Å². The first-order valence-corrected chi connectivity index (χ1v) is 5.86. The zero-order valence-corrected chi connectivity index (χ0v) is 9.93. The molecule has 1 fully saturated rings. The average molecular weight is 220 g/mol. The highest BCUT2D eigenvalue weighted by molar-refractivity contribution is 5.14. The lowest BCUT2D eigenvalue weighted by Gasteiger charge is -2.34. The van der Waals surface area contributed by atoms with Gasteiger partial charge in [-0.25, -0.2) is 0 Å². The normalized spacial score (nSPS) is 18.8. The largest absolute Gasteiger partial charge is 0.369 e. The van der Waals surface area contributed by atoms with E-state index in [1.165, 1.54) is 5.56 Å². The second-order valence-corrected chi connectivity index (χ2v) is 4.30. The third kappa shape index (κ3) is 3.30. The topological polar surface area (TPSA) is 15.7 Å². The molecule has 0 bridgehead atoms. The summed E-state index contributed by atoms with van der Waals surface area (Å²) < 4.78 is 5.14. The summed E-state index contributed by atoms with van der Waals surface area (Å²) in [4.78, 5) is 4.85. The van der Waals surface area contributed by atoms with Crippen LogP contribution in [0.2, 0.25) is 0 Å². The lowest BCUT2D eigenvalue weighted by Crippen LogP contribution is -2.46. The van der Waals surface area contributed by atoms with Gasteiger partial charge in [0.25, 0.3) is 0 Å². The molecule has 1 aliphatic heterocycles. The Labute approximate surface area is 97.6 Å². The first-order chi connectivity index (χ1) is 7.88. The van der Waals surface area contributed by atoms with Crippen molar-refractivity contribution < 1.29 is 4.74 Å². The molecule has 3 heteroatoms. The SMILES string of the molecule is COCN1CCN(Cc2ccccc2)CC1. The molecule has 0 aliphatic carbocycles. The standard InChI is InChI=1S/C13H20N2O/c1-16-12-15-9-7-14(8-10-15)11-13-5-3-2-4-6-13/h2-6H,7-12H2,1H3. The molecular weight excluding hydrogens is 200 g/mol. The highest BCUT2D eigenvalue weighted by atomic mass is 16.5. The van der Waals surface area contributed by atoms with E-state index < -0.39 is 0 Å². The van der Waals surface area contributed by atoms with E-state index in [1.54, 1.807) is 7.11 Å². The molecule has 16 heavy (non-hydrogen) atoms. The number of benzene rings is 1. The maximum atomic E-state index is 5.14. The van der Waals surface area contributed by atoms with E-state index in [4.69, 9.17) is 4.74 Å². The highest BCUT2D eigenvalue weighted by Crippen LogP contribution is 2.07. The summed E-state index contributed by atoms with van der Waals surface area (Å²) in [5.41, 5.74) is 1.41. The number of rotatable bonds is 4. The quantitative estimate of drug-likeness (QED) is 0.763. The van der Waals surface area contributed by atoms with Crippen LogP contribution in [0.5, 0.6) is 0 Å². The highest BCUT2D eigenvalue weighted by Gasteiger charge is 2.16. The Balaban J connectivity index is 1.77. The summed E-state index contributed by atoms with van der Waals surface area (Å²) in [6.07, 6.45) is 0. The van der Waals surface area contributed by atoms with E-state index in [9.17, 15) is 0 Å². The first kappa shape index (κ1) is 11.6. The summed E-state index contributed by atoms with van der Waals surface area (Å²) in [6.45, 7) is 6.33. The Hall–Kier alpha value is -0.900. The molecule has 1 saturated heterocycles. The van der Waals surface area contributed by atoms with E-state index in [-0.39, 0.29) is 0 Å². The van der Waals surface area contributed by atoms with E-state index in [1.807, 2.05) is 0 Å². The van der Waals surface area contributed by atoms with Crippen molar-refractivity contribution in [3.63, 3.8) is 0 Å². The fourth-order valence-electron chi connectivity index (χ4n) is 2.10. The molecule has 0 saturated carbocycles. The molecule has 1 aromatic carbocycles. The molecule has 1 aliphatic rings. The van der Waals surface area contributed by atoms with Crippen molar-refractivity contribution >= 4 is 0 Å². The number of methoxy groups -OCH3 is 1. The van der Waals surface area contributed by atoms with Crippen molar-refractivity contribution in [2.45, 2.75) is 6.54 Å². The number of piperazine rings is 1. The Kier molecular flexibility index (Phi) is 4.34. The van der Waals surface area contributed by atoms with E-state index in [2.05, 4.69) is 40.1 Å². The summed E-state index contributed by atoms with van der Waals surface area (Å²) in [6, 6.07) is 10.7. The predicted molar refractivity (Wildman–Crippen MR) is 65.2 cm³/mol. The summed E-state index contributed by atoms with van der Waals surface area (Å²) in [5.74, 6) is 0. The molecule has 0 amide bonds. The zero-order valence-electron chi connectivity index (χ0n) is 9.93. The Morgan fingerprint density at radius 3 is 2.25 bits per heavy atom. The molecule has 88 valence electrons. The fraction of sp³-hybridized carbons (Fsp3) is 0.538. The van der Waals surface area contributed by atoms with Gasteiger partial charge in [-0.05, 0) is 5.56 Å². The molecule has 0 spiro atoms. The minimum absolute atomic E-state index is 0.763. The lowest BCUT2D eigenvalue weighted by atomic mass is 10.2. The minimum Gasteiger partial charge on any atom is -0.369 e. The van der Waals surface area contributed by atoms with Crippen LogP contribution in [0.1, 0.15) is 5.56 Å². The summed E-state index contributed by atoms with van der Waals surface area (Å²) in [5, 5.41) is 0. The van der Waals surface area contributed by atoms with Crippen molar-refractivity contribution in [2.24, 2.45) is 0 Å². The van der Waals surface area contributed by atoms with Gasteiger partial charge in [0.05, 0.1) is 6.73 Å². The maximum absolute atomic E-state index is 5.14. The van der Waals surface area contributed by atoms with E-state index >= 15 is 0 Å². The van der Waals surface area contributed by atoms with Gasteiger partial charge in [-0.2, -0.15) is 0 Å². The van der Waals surface area contributed by atoms with Crippen LogP contribution in [0.4, 0.5) is 0 Å². The van der Waals surface area contributed by atoms with Gasteiger partial charge in [0.15, 0.2) is 0 Å². The van der Waals surface area contributed by atoms with Gasteiger partial charge in [-0.1, -0.05) is 30.3 Å². The Morgan fingerprint density at radius 1 is 1.00 bits per heavy atom. The van der Waals surface area contributed by atoms with Crippen molar-refractivity contribution in [1.82, 2.24) is 9.80 Å². The third-order valence-corrected chi connectivity index (χ3v) is 3.03.